The summed E-state index contributed by atoms with van der Waals surface area (Å²) in [5.74, 6) is 2.08. The number of halogens is 1. The summed E-state index contributed by atoms with van der Waals surface area (Å²) in [6, 6.07) is 2.35. The Morgan fingerprint density at radius 3 is 2.65 bits per heavy atom. The summed E-state index contributed by atoms with van der Waals surface area (Å²) in [4.78, 5) is 1.60. The lowest BCUT2D eigenvalue weighted by Gasteiger charge is -2.29. The first-order chi connectivity index (χ1) is 8.22. The first-order valence-electron chi connectivity index (χ1n) is 6.69. The Bertz CT molecular complexity index is 412. The molecule has 0 aromatic heterocycles. The zero-order valence-electron chi connectivity index (χ0n) is 11.0. The monoisotopic (exact) mass is 312 g/mol. The second kappa shape index (κ2) is 5.79. The van der Waals surface area contributed by atoms with Crippen molar-refractivity contribution >= 4 is 27.7 Å². The van der Waals surface area contributed by atoms with Crippen LogP contribution in [0.1, 0.15) is 56.2 Å². The molecule has 0 nitrogen and oxygen atoms in total. The smallest absolute Gasteiger partial charge is 0.0213 e. The zero-order valence-corrected chi connectivity index (χ0v) is 13.4. The van der Waals surface area contributed by atoms with Gasteiger partial charge < -0.3 is 0 Å². The summed E-state index contributed by atoms with van der Waals surface area (Å²) in [7, 11) is 0. The molecule has 94 valence electrons. The van der Waals surface area contributed by atoms with E-state index in [0.717, 1.165) is 18.8 Å². The molecule has 0 spiro atoms. The van der Waals surface area contributed by atoms with Crippen LogP contribution >= 0.6 is 27.7 Å². The number of thioether (sulfide) groups is 1. The van der Waals surface area contributed by atoms with E-state index in [1.54, 1.807) is 16.0 Å². The minimum absolute atomic E-state index is 0.781. The van der Waals surface area contributed by atoms with Crippen molar-refractivity contribution in [2.24, 2.45) is 0 Å². The van der Waals surface area contributed by atoms with Crippen molar-refractivity contribution in [3.05, 3.63) is 27.2 Å². The molecule has 1 aromatic rings. The van der Waals surface area contributed by atoms with Gasteiger partial charge in [-0.1, -0.05) is 36.7 Å². The van der Waals surface area contributed by atoms with Crippen LogP contribution in [0.2, 0.25) is 0 Å². The van der Waals surface area contributed by atoms with Gasteiger partial charge in [0.25, 0.3) is 0 Å². The predicted molar refractivity (Wildman–Crippen MR) is 81.3 cm³/mol. The Balaban J connectivity index is 2.64. The standard InChI is InChI=1S/C15H21BrS/c1-4-10-7-8-17-15-11(5-2)9-13(16)12(6-3)14(10)15/h9-10H,4-8H2,1-3H3. The number of benzene rings is 1. The third kappa shape index (κ3) is 2.44. The fourth-order valence-electron chi connectivity index (χ4n) is 2.82. The summed E-state index contributed by atoms with van der Waals surface area (Å²) < 4.78 is 1.33. The van der Waals surface area contributed by atoms with Gasteiger partial charge in [-0.05, 0) is 60.1 Å². The summed E-state index contributed by atoms with van der Waals surface area (Å²) >= 11 is 5.85. The number of hydrogen-bond donors (Lipinski definition) is 0. The third-order valence-electron chi connectivity index (χ3n) is 3.80. The van der Waals surface area contributed by atoms with Gasteiger partial charge in [-0.15, -0.1) is 11.8 Å². The van der Waals surface area contributed by atoms with Crippen LogP contribution in [0, 0.1) is 0 Å². The average Bonchev–Trinajstić information content (AvgIpc) is 2.37. The van der Waals surface area contributed by atoms with Gasteiger partial charge in [0.05, 0.1) is 0 Å². The highest BCUT2D eigenvalue weighted by molar-refractivity contribution is 9.10. The molecule has 0 radical (unpaired) electrons. The van der Waals surface area contributed by atoms with Gasteiger partial charge in [0, 0.05) is 9.37 Å². The van der Waals surface area contributed by atoms with Crippen molar-refractivity contribution in [1.29, 1.82) is 0 Å². The quantitative estimate of drug-likeness (QED) is 0.703. The van der Waals surface area contributed by atoms with E-state index in [9.17, 15) is 0 Å². The van der Waals surface area contributed by atoms with Gasteiger partial charge >= 0.3 is 0 Å². The molecule has 0 N–H and O–H groups in total. The van der Waals surface area contributed by atoms with Crippen molar-refractivity contribution < 1.29 is 0 Å². The highest BCUT2D eigenvalue weighted by atomic mass is 79.9. The van der Waals surface area contributed by atoms with E-state index in [0.29, 0.717) is 0 Å². The van der Waals surface area contributed by atoms with Crippen LogP contribution in [0.15, 0.2) is 15.4 Å². The molecule has 1 aliphatic rings. The molecule has 0 aliphatic carbocycles. The molecule has 0 saturated heterocycles. The van der Waals surface area contributed by atoms with Gasteiger partial charge in [-0.3, -0.25) is 0 Å². The Kier molecular flexibility index (Phi) is 4.59. The van der Waals surface area contributed by atoms with Gasteiger partial charge in [-0.2, -0.15) is 0 Å². The van der Waals surface area contributed by atoms with Crippen LogP contribution in [-0.2, 0) is 12.8 Å². The molecule has 17 heavy (non-hydrogen) atoms. The van der Waals surface area contributed by atoms with Gasteiger partial charge in [0.15, 0.2) is 0 Å². The molecule has 0 saturated carbocycles. The van der Waals surface area contributed by atoms with Crippen LogP contribution < -0.4 is 0 Å². The van der Waals surface area contributed by atoms with Crippen molar-refractivity contribution in [2.45, 2.75) is 57.3 Å². The normalized spacial score (nSPS) is 19.2. The summed E-state index contributed by atoms with van der Waals surface area (Å²) in [5.41, 5.74) is 4.75. The molecule has 0 bridgehead atoms. The summed E-state index contributed by atoms with van der Waals surface area (Å²) in [6.45, 7) is 6.87. The lowest BCUT2D eigenvalue weighted by atomic mass is 9.87. The molecule has 2 rings (SSSR count). The van der Waals surface area contributed by atoms with E-state index < -0.39 is 0 Å². The van der Waals surface area contributed by atoms with Crippen LogP contribution in [0.25, 0.3) is 0 Å². The highest BCUT2D eigenvalue weighted by Crippen LogP contribution is 2.45. The number of aryl methyl sites for hydroxylation is 1. The molecule has 1 atom stereocenters. The molecule has 2 heteroatoms. The van der Waals surface area contributed by atoms with Crippen LogP contribution in [0.3, 0.4) is 0 Å². The van der Waals surface area contributed by atoms with Crippen molar-refractivity contribution in [1.82, 2.24) is 0 Å². The van der Waals surface area contributed by atoms with Crippen molar-refractivity contribution in [2.75, 3.05) is 5.75 Å². The Hall–Kier alpha value is 0.0500. The second-order valence-electron chi connectivity index (χ2n) is 4.69. The Morgan fingerprint density at radius 2 is 2.06 bits per heavy atom. The zero-order chi connectivity index (χ0) is 12.4. The van der Waals surface area contributed by atoms with E-state index in [-0.39, 0.29) is 0 Å². The van der Waals surface area contributed by atoms with E-state index >= 15 is 0 Å². The van der Waals surface area contributed by atoms with Crippen LogP contribution in [-0.4, -0.2) is 5.75 Å². The average molecular weight is 313 g/mol. The Labute approximate surface area is 118 Å². The van der Waals surface area contributed by atoms with Crippen molar-refractivity contribution in [3.63, 3.8) is 0 Å². The van der Waals surface area contributed by atoms with Crippen molar-refractivity contribution in [3.8, 4) is 0 Å². The van der Waals surface area contributed by atoms with E-state index in [2.05, 4.69) is 54.5 Å². The topological polar surface area (TPSA) is 0 Å². The maximum Gasteiger partial charge on any atom is 0.0213 e. The van der Waals surface area contributed by atoms with E-state index in [1.165, 1.54) is 28.6 Å². The number of fused-ring (bicyclic) bond motifs is 1. The second-order valence-corrected chi connectivity index (χ2v) is 6.65. The molecule has 1 aromatic carbocycles. The molecule has 1 aliphatic heterocycles. The third-order valence-corrected chi connectivity index (χ3v) is 5.72. The van der Waals surface area contributed by atoms with E-state index in [1.807, 2.05) is 0 Å². The number of hydrogen-bond acceptors (Lipinski definition) is 1. The van der Waals surface area contributed by atoms with Crippen LogP contribution in [0.4, 0.5) is 0 Å². The fourth-order valence-corrected chi connectivity index (χ4v) is 5.04. The Morgan fingerprint density at radius 1 is 1.29 bits per heavy atom. The molecule has 1 unspecified atom stereocenters. The number of rotatable bonds is 3. The fraction of sp³-hybridized carbons (Fsp3) is 0.600. The van der Waals surface area contributed by atoms with Gasteiger partial charge in [-0.25, -0.2) is 0 Å². The SMILES string of the molecule is CCc1cc(Br)c(CC)c2c1SCCC2CC. The predicted octanol–water partition coefficient (Wildman–Crippen LogP) is 5.56. The molecular formula is C15H21BrS. The minimum atomic E-state index is 0.781. The van der Waals surface area contributed by atoms with E-state index in [4.69, 9.17) is 0 Å². The lowest BCUT2D eigenvalue weighted by Crippen LogP contribution is -2.12. The molecule has 0 amide bonds. The van der Waals surface area contributed by atoms with Crippen LogP contribution in [0.5, 0.6) is 0 Å². The maximum atomic E-state index is 3.77. The largest absolute Gasteiger partial charge is 0.126 e. The molecular weight excluding hydrogens is 292 g/mol. The summed E-state index contributed by atoms with van der Waals surface area (Å²) in [5, 5.41) is 0. The maximum absolute atomic E-state index is 3.77. The van der Waals surface area contributed by atoms with Gasteiger partial charge in [0.2, 0.25) is 0 Å². The summed E-state index contributed by atoms with van der Waals surface area (Å²) in [6.07, 6.45) is 4.92. The van der Waals surface area contributed by atoms with Gasteiger partial charge in [0.1, 0.15) is 0 Å². The first kappa shape index (κ1) is 13.5. The molecule has 1 heterocycles. The highest BCUT2D eigenvalue weighted by Gasteiger charge is 2.25. The lowest BCUT2D eigenvalue weighted by molar-refractivity contribution is 0.616. The molecule has 0 fully saturated rings. The first-order valence-corrected chi connectivity index (χ1v) is 8.47. The minimum Gasteiger partial charge on any atom is -0.126 e.